The van der Waals surface area contributed by atoms with Crippen molar-refractivity contribution in [2.24, 2.45) is 0 Å². The molecule has 21 heavy (non-hydrogen) atoms. The van der Waals surface area contributed by atoms with E-state index in [-0.39, 0.29) is 0 Å². The molecule has 0 bridgehead atoms. The molecule has 1 aliphatic rings. The van der Waals surface area contributed by atoms with E-state index in [9.17, 15) is 0 Å². The predicted molar refractivity (Wildman–Crippen MR) is 90.6 cm³/mol. The van der Waals surface area contributed by atoms with Gasteiger partial charge in [-0.15, -0.1) is 0 Å². The normalized spacial score (nSPS) is 16.3. The zero-order chi connectivity index (χ0) is 15.1. The van der Waals surface area contributed by atoms with Gasteiger partial charge in [0.2, 0.25) is 0 Å². The first-order valence-corrected chi connectivity index (χ1v) is 8.76. The van der Waals surface area contributed by atoms with E-state index in [1.165, 1.54) is 32.1 Å². The Morgan fingerprint density at radius 1 is 1.05 bits per heavy atom. The van der Waals surface area contributed by atoms with Gasteiger partial charge in [-0.05, 0) is 37.9 Å². The number of hydrogen-bond acceptors (Lipinski definition) is 2. The standard InChI is InChI=1S/C16H22Cl3NO/c17-14-7-8-15(18)16(19)13(14)11-20-9-4-10-21-12-5-2-1-3-6-12/h7-8,12,20H,1-6,9-11H2. The van der Waals surface area contributed by atoms with Crippen molar-refractivity contribution in [2.45, 2.75) is 51.2 Å². The third-order valence-electron chi connectivity index (χ3n) is 3.84. The van der Waals surface area contributed by atoms with Gasteiger partial charge < -0.3 is 10.1 Å². The minimum absolute atomic E-state index is 0.482. The Labute approximate surface area is 142 Å². The molecule has 1 aromatic rings. The van der Waals surface area contributed by atoms with Crippen molar-refractivity contribution in [3.8, 4) is 0 Å². The molecule has 0 unspecified atom stereocenters. The molecule has 1 N–H and O–H groups in total. The van der Waals surface area contributed by atoms with E-state index in [1.54, 1.807) is 12.1 Å². The second-order valence-electron chi connectivity index (χ2n) is 5.48. The van der Waals surface area contributed by atoms with Crippen LogP contribution in [0.3, 0.4) is 0 Å². The molecule has 2 nitrogen and oxygen atoms in total. The molecule has 0 aliphatic heterocycles. The Morgan fingerprint density at radius 2 is 1.76 bits per heavy atom. The van der Waals surface area contributed by atoms with E-state index in [4.69, 9.17) is 39.5 Å². The summed E-state index contributed by atoms with van der Waals surface area (Å²) in [6.07, 6.45) is 7.91. The molecule has 118 valence electrons. The van der Waals surface area contributed by atoms with E-state index in [0.717, 1.165) is 25.1 Å². The van der Waals surface area contributed by atoms with Crippen LogP contribution in [0, 0.1) is 0 Å². The summed E-state index contributed by atoms with van der Waals surface area (Å²) >= 11 is 18.3. The fourth-order valence-electron chi connectivity index (χ4n) is 2.62. The van der Waals surface area contributed by atoms with Crippen LogP contribution in [0.1, 0.15) is 44.1 Å². The monoisotopic (exact) mass is 349 g/mol. The molecule has 0 radical (unpaired) electrons. The second kappa shape index (κ2) is 9.22. The molecule has 0 heterocycles. The Hall–Kier alpha value is 0.01000. The number of rotatable bonds is 7. The lowest BCUT2D eigenvalue weighted by Crippen LogP contribution is -2.21. The zero-order valence-corrected chi connectivity index (χ0v) is 14.4. The summed E-state index contributed by atoms with van der Waals surface area (Å²) in [4.78, 5) is 0. The van der Waals surface area contributed by atoms with Gasteiger partial charge in [0.1, 0.15) is 0 Å². The molecule has 1 saturated carbocycles. The number of benzene rings is 1. The van der Waals surface area contributed by atoms with Gasteiger partial charge in [0.25, 0.3) is 0 Å². The quantitative estimate of drug-likeness (QED) is 0.519. The van der Waals surface area contributed by atoms with Gasteiger partial charge in [-0.2, -0.15) is 0 Å². The summed E-state index contributed by atoms with van der Waals surface area (Å²) in [5, 5.41) is 5.07. The van der Waals surface area contributed by atoms with Crippen LogP contribution >= 0.6 is 34.8 Å². The lowest BCUT2D eigenvalue weighted by molar-refractivity contribution is 0.0273. The lowest BCUT2D eigenvalue weighted by atomic mass is 9.98. The van der Waals surface area contributed by atoms with Gasteiger partial charge in [0.05, 0.1) is 16.1 Å². The molecule has 0 aromatic heterocycles. The highest BCUT2D eigenvalue weighted by Gasteiger charge is 2.13. The molecule has 0 atom stereocenters. The topological polar surface area (TPSA) is 21.3 Å². The second-order valence-corrected chi connectivity index (χ2v) is 6.68. The van der Waals surface area contributed by atoms with Crippen LogP contribution in [0.25, 0.3) is 0 Å². The van der Waals surface area contributed by atoms with Gasteiger partial charge in [0, 0.05) is 23.7 Å². The summed E-state index contributed by atoms with van der Waals surface area (Å²) in [5.41, 5.74) is 0.860. The Balaban J connectivity index is 1.62. The summed E-state index contributed by atoms with van der Waals surface area (Å²) in [7, 11) is 0. The molecule has 2 rings (SSSR count). The fourth-order valence-corrected chi connectivity index (χ4v) is 3.30. The minimum atomic E-state index is 0.482. The largest absolute Gasteiger partial charge is 0.378 e. The maximum atomic E-state index is 6.16. The maximum absolute atomic E-state index is 6.16. The molecule has 0 spiro atoms. The van der Waals surface area contributed by atoms with Crippen LogP contribution in [0.2, 0.25) is 15.1 Å². The van der Waals surface area contributed by atoms with Crippen molar-refractivity contribution in [3.63, 3.8) is 0 Å². The first-order valence-electron chi connectivity index (χ1n) is 7.63. The van der Waals surface area contributed by atoms with Crippen LogP contribution in [-0.4, -0.2) is 19.3 Å². The highest BCUT2D eigenvalue weighted by atomic mass is 35.5. The van der Waals surface area contributed by atoms with Gasteiger partial charge in [-0.1, -0.05) is 54.1 Å². The van der Waals surface area contributed by atoms with Crippen molar-refractivity contribution in [2.75, 3.05) is 13.2 Å². The smallest absolute Gasteiger partial charge is 0.0652 e. The van der Waals surface area contributed by atoms with Crippen LogP contribution in [0.15, 0.2) is 12.1 Å². The molecule has 0 amide bonds. The van der Waals surface area contributed by atoms with E-state index >= 15 is 0 Å². The SMILES string of the molecule is Clc1ccc(Cl)c(CNCCCOC2CCCCC2)c1Cl. The number of nitrogens with one attached hydrogen (secondary N) is 1. The molecule has 5 heteroatoms. The van der Waals surface area contributed by atoms with Crippen molar-refractivity contribution in [3.05, 3.63) is 32.8 Å². The highest BCUT2D eigenvalue weighted by molar-refractivity contribution is 6.44. The van der Waals surface area contributed by atoms with Crippen LogP contribution in [0.5, 0.6) is 0 Å². The third kappa shape index (κ3) is 5.61. The average molecular weight is 351 g/mol. The number of halogens is 3. The first kappa shape index (κ1) is 17.4. The van der Waals surface area contributed by atoms with Crippen molar-refractivity contribution in [1.29, 1.82) is 0 Å². The average Bonchev–Trinajstić information content (AvgIpc) is 2.51. The fraction of sp³-hybridized carbons (Fsp3) is 0.625. The maximum Gasteiger partial charge on any atom is 0.0652 e. The molecule has 1 aromatic carbocycles. The zero-order valence-electron chi connectivity index (χ0n) is 12.1. The van der Waals surface area contributed by atoms with E-state index < -0.39 is 0 Å². The van der Waals surface area contributed by atoms with E-state index in [0.29, 0.717) is 27.7 Å². The number of ether oxygens (including phenoxy) is 1. The summed E-state index contributed by atoms with van der Waals surface area (Å²) < 4.78 is 5.89. The summed E-state index contributed by atoms with van der Waals surface area (Å²) in [6, 6.07) is 3.49. The minimum Gasteiger partial charge on any atom is -0.378 e. The molecule has 1 fully saturated rings. The molecular formula is C16H22Cl3NO. The van der Waals surface area contributed by atoms with Crippen molar-refractivity contribution in [1.82, 2.24) is 5.32 Å². The Bertz CT molecular complexity index is 447. The lowest BCUT2D eigenvalue weighted by Gasteiger charge is -2.22. The van der Waals surface area contributed by atoms with Gasteiger partial charge in [-0.25, -0.2) is 0 Å². The van der Waals surface area contributed by atoms with Gasteiger partial charge >= 0.3 is 0 Å². The predicted octanol–water partition coefficient (Wildman–Crippen LogP) is 5.48. The van der Waals surface area contributed by atoms with Gasteiger partial charge in [-0.3, -0.25) is 0 Å². The Morgan fingerprint density at radius 3 is 2.52 bits per heavy atom. The van der Waals surface area contributed by atoms with E-state index in [2.05, 4.69) is 5.32 Å². The van der Waals surface area contributed by atoms with Crippen molar-refractivity contribution >= 4 is 34.8 Å². The summed E-state index contributed by atoms with van der Waals surface area (Å²) in [5.74, 6) is 0. The van der Waals surface area contributed by atoms with Gasteiger partial charge in [0.15, 0.2) is 0 Å². The summed E-state index contributed by atoms with van der Waals surface area (Å²) in [6.45, 7) is 2.32. The molecular weight excluding hydrogens is 329 g/mol. The molecule has 1 aliphatic carbocycles. The molecule has 0 saturated heterocycles. The third-order valence-corrected chi connectivity index (χ3v) is 5.04. The van der Waals surface area contributed by atoms with Crippen LogP contribution < -0.4 is 5.32 Å². The van der Waals surface area contributed by atoms with E-state index in [1.807, 2.05) is 0 Å². The number of hydrogen-bond donors (Lipinski definition) is 1. The first-order chi connectivity index (χ1) is 10.2. The highest BCUT2D eigenvalue weighted by Crippen LogP contribution is 2.31. The van der Waals surface area contributed by atoms with Crippen LogP contribution in [0.4, 0.5) is 0 Å². The Kier molecular flexibility index (Phi) is 7.62. The van der Waals surface area contributed by atoms with Crippen LogP contribution in [-0.2, 0) is 11.3 Å². The van der Waals surface area contributed by atoms with Crippen molar-refractivity contribution < 1.29 is 4.74 Å².